The molecule has 0 saturated carbocycles. The number of benzene rings is 1. The smallest absolute Gasteiger partial charge is 0.304 e. The largest absolute Gasteiger partial charge is 0.481 e. The number of aryl methyl sites for hydroxylation is 1. The Bertz CT molecular complexity index is 474. The number of aliphatic carboxylic acids is 1. The van der Waals surface area contributed by atoms with Gasteiger partial charge in [-0.3, -0.25) is 9.59 Å². The molecule has 0 fully saturated rings. The lowest BCUT2D eigenvalue weighted by atomic mass is 10.1. The van der Waals surface area contributed by atoms with Crippen molar-refractivity contribution in [1.82, 2.24) is 0 Å². The maximum absolute atomic E-state index is 12.0. The lowest BCUT2D eigenvalue weighted by molar-refractivity contribution is -0.136. The van der Waals surface area contributed by atoms with E-state index >= 15 is 0 Å². The Morgan fingerprint density at radius 1 is 1.37 bits per heavy atom. The highest BCUT2D eigenvalue weighted by atomic mass is 32.2. The standard InChI is InChI=1S/C14H19NO3S/c1-9-5-4-6-12(10(9)2)15-14(18)11(3)19-8-7-13(16)17/h4-6,11H,7-8H2,1-3H3,(H,15,18)(H,16,17). The first kappa shape index (κ1) is 15.6. The number of thioether (sulfide) groups is 1. The van der Waals surface area contributed by atoms with Gasteiger partial charge in [0.05, 0.1) is 11.7 Å². The van der Waals surface area contributed by atoms with E-state index in [1.165, 1.54) is 11.8 Å². The van der Waals surface area contributed by atoms with E-state index in [1.54, 1.807) is 6.92 Å². The number of carbonyl (C=O) groups is 2. The Hall–Kier alpha value is -1.49. The normalized spacial score (nSPS) is 11.9. The molecule has 0 aliphatic carbocycles. The van der Waals surface area contributed by atoms with Crippen LogP contribution in [-0.2, 0) is 9.59 Å². The molecule has 4 nitrogen and oxygen atoms in total. The van der Waals surface area contributed by atoms with Crippen molar-refractivity contribution in [3.05, 3.63) is 29.3 Å². The summed E-state index contributed by atoms with van der Waals surface area (Å²) in [7, 11) is 0. The van der Waals surface area contributed by atoms with Gasteiger partial charge >= 0.3 is 5.97 Å². The van der Waals surface area contributed by atoms with E-state index in [0.29, 0.717) is 5.75 Å². The molecule has 2 N–H and O–H groups in total. The SMILES string of the molecule is Cc1cccc(NC(=O)C(C)SCCC(=O)O)c1C. The maximum Gasteiger partial charge on any atom is 0.304 e. The van der Waals surface area contributed by atoms with E-state index in [0.717, 1.165) is 16.8 Å². The van der Waals surface area contributed by atoms with Crippen molar-refractivity contribution in [3.8, 4) is 0 Å². The van der Waals surface area contributed by atoms with E-state index in [4.69, 9.17) is 5.11 Å². The molecule has 0 radical (unpaired) electrons. The summed E-state index contributed by atoms with van der Waals surface area (Å²) in [5.41, 5.74) is 3.00. The predicted octanol–water partition coefficient (Wildman–Crippen LogP) is 2.84. The minimum atomic E-state index is -0.838. The van der Waals surface area contributed by atoms with Gasteiger partial charge < -0.3 is 10.4 Å². The van der Waals surface area contributed by atoms with Crippen LogP contribution in [0.2, 0.25) is 0 Å². The van der Waals surface area contributed by atoms with Crippen LogP contribution in [0.3, 0.4) is 0 Å². The summed E-state index contributed by atoms with van der Waals surface area (Å²) in [5.74, 6) is -0.491. The fourth-order valence-corrected chi connectivity index (χ4v) is 2.38. The van der Waals surface area contributed by atoms with Crippen LogP contribution in [-0.4, -0.2) is 28.0 Å². The van der Waals surface area contributed by atoms with E-state index in [9.17, 15) is 9.59 Å². The first-order valence-electron chi connectivity index (χ1n) is 6.12. The molecule has 0 bridgehead atoms. The number of anilines is 1. The second-order valence-corrected chi connectivity index (χ2v) is 5.84. The molecule has 1 aromatic rings. The average Bonchev–Trinajstić information content (AvgIpc) is 2.34. The molecule has 5 heteroatoms. The van der Waals surface area contributed by atoms with Crippen molar-refractivity contribution in [1.29, 1.82) is 0 Å². The van der Waals surface area contributed by atoms with Gasteiger partial charge in [0.1, 0.15) is 0 Å². The second-order valence-electron chi connectivity index (χ2n) is 4.39. The van der Waals surface area contributed by atoms with Gasteiger partial charge in [-0.2, -0.15) is 0 Å². The third-order valence-electron chi connectivity index (χ3n) is 2.92. The summed E-state index contributed by atoms with van der Waals surface area (Å²) in [4.78, 5) is 22.4. The molecule has 104 valence electrons. The Morgan fingerprint density at radius 3 is 2.68 bits per heavy atom. The van der Waals surface area contributed by atoms with Gasteiger partial charge in [-0.1, -0.05) is 12.1 Å². The summed E-state index contributed by atoms with van der Waals surface area (Å²) < 4.78 is 0. The molecular weight excluding hydrogens is 262 g/mol. The molecule has 0 aliphatic rings. The maximum atomic E-state index is 12.0. The number of carboxylic acids is 1. The first-order chi connectivity index (χ1) is 8.91. The zero-order valence-electron chi connectivity index (χ0n) is 11.4. The van der Waals surface area contributed by atoms with E-state index in [1.807, 2.05) is 32.0 Å². The van der Waals surface area contributed by atoms with Gasteiger partial charge in [0.25, 0.3) is 0 Å². The summed E-state index contributed by atoms with van der Waals surface area (Å²) in [6, 6.07) is 5.77. The van der Waals surface area contributed by atoms with Crippen LogP contribution in [0.5, 0.6) is 0 Å². The van der Waals surface area contributed by atoms with Crippen LogP contribution in [0.25, 0.3) is 0 Å². The first-order valence-corrected chi connectivity index (χ1v) is 7.17. The minimum absolute atomic E-state index is 0.0752. The average molecular weight is 281 g/mol. The lowest BCUT2D eigenvalue weighted by Gasteiger charge is -2.14. The summed E-state index contributed by atoms with van der Waals surface area (Å²) >= 11 is 1.35. The van der Waals surface area contributed by atoms with Gasteiger partial charge in [0.15, 0.2) is 0 Å². The highest BCUT2D eigenvalue weighted by Crippen LogP contribution is 2.20. The van der Waals surface area contributed by atoms with Crippen molar-refractivity contribution in [2.75, 3.05) is 11.1 Å². The zero-order chi connectivity index (χ0) is 14.4. The summed E-state index contributed by atoms with van der Waals surface area (Å²) in [6.45, 7) is 5.75. The van der Waals surface area contributed by atoms with Crippen molar-refractivity contribution in [2.45, 2.75) is 32.4 Å². The third-order valence-corrected chi connectivity index (χ3v) is 4.07. The molecule has 1 unspecified atom stereocenters. The Labute approximate surface area is 117 Å². The molecule has 0 aliphatic heterocycles. The fourth-order valence-electron chi connectivity index (χ4n) is 1.52. The lowest BCUT2D eigenvalue weighted by Crippen LogP contribution is -2.23. The van der Waals surface area contributed by atoms with Gasteiger partial charge in [-0.25, -0.2) is 0 Å². The number of carboxylic acid groups (broad SMARTS) is 1. The zero-order valence-corrected chi connectivity index (χ0v) is 12.2. The number of carbonyl (C=O) groups excluding carboxylic acids is 1. The Morgan fingerprint density at radius 2 is 2.05 bits per heavy atom. The number of rotatable bonds is 6. The van der Waals surface area contributed by atoms with Gasteiger partial charge in [0, 0.05) is 11.4 Å². The monoisotopic (exact) mass is 281 g/mol. The number of hydrogen-bond donors (Lipinski definition) is 2. The Kier molecular flexibility index (Phi) is 5.89. The molecule has 1 atom stereocenters. The summed E-state index contributed by atoms with van der Waals surface area (Å²) in [5, 5.41) is 11.2. The van der Waals surface area contributed by atoms with Gasteiger partial charge in [0.2, 0.25) is 5.91 Å². The summed E-state index contributed by atoms with van der Waals surface area (Å²) in [6.07, 6.45) is 0.0752. The van der Waals surface area contributed by atoms with Crippen LogP contribution >= 0.6 is 11.8 Å². The van der Waals surface area contributed by atoms with E-state index in [2.05, 4.69) is 5.32 Å². The molecule has 0 spiro atoms. The number of nitrogens with one attached hydrogen (secondary N) is 1. The second kappa shape index (κ2) is 7.19. The topological polar surface area (TPSA) is 66.4 Å². The van der Waals surface area contributed by atoms with Crippen LogP contribution in [0, 0.1) is 13.8 Å². The van der Waals surface area contributed by atoms with Crippen molar-refractivity contribution in [3.63, 3.8) is 0 Å². The van der Waals surface area contributed by atoms with Crippen molar-refractivity contribution in [2.24, 2.45) is 0 Å². The van der Waals surface area contributed by atoms with Crippen LogP contribution in [0.1, 0.15) is 24.5 Å². The van der Waals surface area contributed by atoms with Crippen molar-refractivity contribution < 1.29 is 14.7 Å². The molecule has 0 saturated heterocycles. The van der Waals surface area contributed by atoms with Gasteiger partial charge in [-0.05, 0) is 38.0 Å². The molecule has 1 amide bonds. The van der Waals surface area contributed by atoms with Crippen molar-refractivity contribution >= 4 is 29.3 Å². The quantitative estimate of drug-likeness (QED) is 0.841. The molecule has 1 aromatic carbocycles. The minimum Gasteiger partial charge on any atom is -0.481 e. The van der Waals surface area contributed by atoms with Crippen LogP contribution in [0.15, 0.2) is 18.2 Å². The highest BCUT2D eigenvalue weighted by Gasteiger charge is 2.15. The van der Waals surface area contributed by atoms with E-state index < -0.39 is 5.97 Å². The third kappa shape index (κ3) is 4.95. The molecule has 0 aromatic heterocycles. The predicted molar refractivity (Wildman–Crippen MR) is 78.7 cm³/mol. The number of hydrogen-bond acceptors (Lipinski definition) is 3. The van der Waals surface area contributed by atoms with Crippen LogP contribution < -0.4 is 5.32 Å². The molecule has 19 heavy (non-hydrogen) atoms. The molecule has 0 heterocycles. The molecular formula is C14H19NO3S. The van der Waals surface area contributed by atoms with Crippen LogP contribution in [0.4, 0.5) is 5.69 Å². The van der Waals surface area contributed by atoms with E-state index in [-0.39, 0.29) is 17.6 Å². The Balaban J connectivity index is 2.54. The number of amides is 1. The van der Waals surface area contributed by atoms with Gasteiger partial charge in [-0.15, -0.1) is 11.8 Å². The highest BCUT2D eigenvalue weighted by molar-refractivity contribution is 8.00. The fraction of sp³-hybridized carbons (Fsp3) is 0.429. The molecule has 1 rings (SSSR count).